The van der Waals surface area contributed by atoms with Crippen molar-refractivity contribution in [2.45, 2.75) is 58.4 Å². The molecule has 0 unspecified atom stereocenters. The number of rotatable bonds is 5. The van der Waals surface area contributed by atoms with Crippen molar-refractivity contribution in [3.05, 3.63) is 65.4 Å². The Morgan fingerprint density at radius 1 is 1.11 bits per heavy atom. The molecule has 0 saturated carbocycles. The second-order valence-electron chi connectivity index (χ2n) is 11.0. The summed E-state index contributed by atoms with van der Waals surface area (Å²) >= 11 is 0. The first-order valence-electron chi connectivity index (χ1n) is 13.2. The lowest BCUT2D eigenvalue weighted by molar-refractivity contribution is 0.117. The Morgan fingerprint density at radius 2 is 1.86 bits per heavy atom. The predicted molar refractivity (Wildman–Crippen MR) is 146 cm³/mol. The summed E-state index contributed by atoms with van der Waals surface area (Å²) in [7, 11) is 0. The first-order chi connectivity index (χ1) is 17.3. The van der Waals surface area contributed by atoms with Crippen LogP contribution in [0, 0.1) is 13.8 Å². The zero-order valence-corrected chi connectivity index (χ0v) is 21.9. The number of nitrogens with zero attached hydrogens (tertiary/aromatic N) is 5. The van der Waals surface area contributed by atoms with Crippen molar-refractivity contribution in [3.8, 4) is 11.3 Å². The molecule has 1 aromatic carbocycles. The van der Waals surface area contributed by atoms with Crippen molar-refractivity contribution in [3.63, 3.8) is 0 Å². The molecule has 2 saturated heterocycles. The summed E-state index contributed by atoms with van der Waals surface area (Å²) < 4.78 is 1.90. The number of hydrogen-bond donors (Lipinski definition) is 2. The fraction of sp³-hybridized carbons (Fsp3) is 0.448. The number of fused-ring (bicyclic) bond motifs is 2. The second kappa shape index (κ2) is 8.66. The van der Waals surface area contributed by atoms with Crippen molar-refractivity contribution in [1.82, 2.24) is 29.4 Å². The average Bonchev–Trinajstić information content (AvgIpc) is 3.48. The quantitative estimate of drug-likeness (QED) is 0.422. The molecule has 0 bridgehead atoms. The van der Waals surface area contributed by atoms with Crippen LogP contribution in [0.3, 0.4) is 0 Å². The van der Waals surface area contributed by atoms with Gasteiger partial charge in [-0.05, 0) is 72.9 Å². The Kier molecular flexibility index (Phi) is 5.56. The van der Waals surface area contributed by atoms with Crippen LogP contribution in [-0.2, 0) is 0 Å². The van der Waals surface area contributed by atoms with Crippen LogP contribution in [0.25, 0.3) is 27.8 Å². The maximum Gasteiger partial charge on any atom is 0.158 e. The van der Waals surface area contributed by atoms with Crippen molar-refractivity contribution in [2.24, 2.45) is 5.73 Å². The summed E-state index contributed by atoms with van der Waals surface area (Å²) in [5.74, 6) is 2.12. The highest BCUT2D eigenvalue weighted by molar-refractivity contribution is 5.92. The molecule has 2 fully saturated rings. The van der Waals surface area contributed by atoms with Gasteiger partial charge in [0.2, 0.25) is 0 Å². The van der Waals surface area contributed by atoms with E-state index in [0.29, 0.717) is 17.9 Å². The number of aromatic nitrogens is 4. The smallest absolute Gasteiger partial charge is 0.158 e. The highest BCUT2D eigenvalue weighted by atomic mass is 15.4. The van der Waals surface area contributed by atoms with Gasteiger partial charge in [-0.2, -0.15) is 5.10 Å². The number of likely N-dealkylation sites (tertiary alicyclic amines) is 2. The SMILES string of the molecule is C=C(N1CCC(c2ccc3[nH]c(-c4cn5ncnc5c(C)c4C)c(C(C)C)c3c2)CC1)N1CC(N)C1. The first-order valence-corrected chi connectivity index (χ1v) is 13.2. The molecule has 188 valence electrons. The third kappa shape index (κ3) is 3.68. The van der Waals surface area contributed by atoms with Crippen LogP contribution in [0.4, 0.5) is 0 Å². The fourth-order valence-electron chi connectivity index (χ4n) is 6.14. The lowest BCUT2D eigenvalue weighted by Crippen LogP contribution is -2.57. The molecule has 7 heteroatoms. The molecule has 4 aromatic rings. The van der Waals surface area contributed by atoms with Crippen LogP contribution >= 0.6 is 0 Å². The maximum atomic E-state index is 5.98. The lowest BCUT2D eigenvalue weighted by atomic mass is 9.87. The minimum Gasteiger partial charge on any atom is -0.359 e. The minimum absolute atomic E-state index is 0.304. The van der Waals surface area contributed by atoms with E-state index in [9.17, 15) is 0 Å². The Balaban J connectivity index is 1.32. The highest BCUT2D eigenvalue weighted by Crippen LogP contribution is 2.40. The molecular weight excluding hydrogens is 446 g/mol. The summed E-state index contributed by atoms with van der Waals surface area (Å²) in [6, 6.07) is 7.36. The van der Waals surface area contributed by atoms with Gasteiger partial charge in [-0.15, -0.1) is 0 Å². The number of piperidine rings is 1. The standard InChI is InChI=1S/C29H37N7/c1-17(2)27-24-12-22(21-8-10-34(11-9-21)20(5)35-13-23(30)14-35)6-7-26(24)33-28(27)25-15-36-29(31-16-32-36)19(4)18(25)3/h6-7,12,15-17,21,23,33H,5,8-11,13-14,30H2,1-4H3. The monoisotopic (exact) mass is 483 g/mol. The summed E-state index contributed by atoms with van der Waals surface area (Å²) in [4.78, 5) is 13.0. The van der Waals surface area contributed by atoms with Gasteiger partial charge >= 0.3 is 0 Å². The van der Waals surface area contributed by atoms with Gasteiger partial charge in [0.05, 0.1) is 11.5 Å². The van der Waals surface area contributed by atoms with Gasteiger partial charge < -0.3 is 20.5 Å². The molecule has 5 heterocycles. The van der Waals surface area contributed by atoms with Gasteiger partial charge in [-0.1, -0.05) is 26.5 Å². The molecule has 3 aromatic heterocycles. The second-order valence-corrected chi connectivity index (χ2v) is 11.0. The third-order valence-electron chi connectivity index (χ3n) is 8.44. The predicted octanol–water partition coefficient (Wildman–Crippen LogP) is 4.91. The van der Waals surface area contributed by atoms with Gasteiger partial charge in [0.15, 0.2) is 5.65 Å². The topological polar surface area (TPSA) is 78.5 Å². The van der Waals surface area contributed by atoms with E-state index in [1.165, 1.54) is 44.4 Å². The number of aryl methyl sites for hydroxylation is 1. The summed E-state index contributed by atoms with van der Waals surface area (Å²) in [5, 5.41) is 5.77. The van der Waals surface area contributed by atoms with E-state index in [1.807, 2.05) is 4.52 Å². The zero-order chi connectivity index (χ0) is 25.1. The maximum absolute atomic E-state index is 5.98. The summed E-state index contributed by atoms with van der Waals surface area (Å²) in [6.45, 7) is 17.2. The Labute approximate surface area is 213 Å². The van der Waals surface area contributed by atoms with Crippen LogP contribution in [-0.4, -0.2) is 61.6 Å². The van der Waals surface area contributed by atoms with E-state index >= 15 is 0 Å². The van der Waals surface area contributed by atoms with E-state index in [0.717, 1.165) is 50.5 Å². The summed E-state index contributed by atoms with van der Waals surface area (Å²) in [6.07, 6.45) is 6.06. The molecule has 0 aliphatic carbocycles. The van der Waals surface area contributed by atoms with E-state index in [4.69, 9.17) is 5.73 Å². The number of hydrogen-bond acceptors (Lipinski definition) is 5. The number of aromatic amines is 1. The van der Waals surface area contributed by atoms with Gasteiger partial charge in [0, 0.05) is 54.9 Å². The molecule has 0 spiro atoms. The Morgan fingerprint density at radius 3 is 2.56 bits per heavy atom. The van der Waals surface area contributed by atoms with Crippen molar-refractivity contribution in [2.75, 3.05) is 26.2 Å². The Hall–Kier alpha value is -3.32. The number of pyridine rings is 1. The van der Waals surface area contributed by atoms with E-state index in [2.05, 4.69) is 83.5 Å². The first kappa shape index (κ1) is 23.1. The van der Waals surface area contributed by atoms with E-state index in [1.54, 1.807) is 6.33 Å². The van der Waals surface area contributed by atoms with Crippen LogP contribution in [0.5, 0.6) is 0 Å². The van der Waals surface area contributed by atoms with Crippen LogP contribution in [0.1, 0.15) is 60.8 Å². The molecule has 0 radical (unpaired) electrons. The van der Waals surface area contributed by atoms with Gasteiger partial charge in [0.25, 0.3) is 0 Å². The van der Waals surface area contributed by atoms with Gasteiger partial charge in [-0.25, -0.2) is 9.50 Å². The van der Waals surface area contributed by atoms with E-state index in [-0.39, 0.29) is 0 Å². The minimum atomic E-state index is 0.304. The highest BCUT2D eigenvalue weighted by Gasteiger charge is 2.29. The number of H-pyrrole nitrogens is 1. The van der Waals surface area contributed by atoms with Crippen molar-refractivity contribution in [1.29, 1.82) is 0 Å². The largest absolute Gasteiger partial charge is 0.359 e. The lowest BCUT2D eigenvalue weighted by Gasteiger charge is -2.46. The molecule has 2 aliphatic rings. The number of nitrogens with two attached hydrogens (primary N) is 1. The van der Waals surface area contributed by atoms with Crippen LogP contribution < -0.4 is 5.73 Å². The van der Waals surface area contributed by atoms with E-state index < -0.39 is 0 Å². The molecule has 6 rings (SSSR count). The van der Waals surface area contributed by atoms with Crippen LogP contribution in [0.15, 0.2) is 43.1 Å². The third-order valence-corrected chi connectivity index (χ3v) is 8.44. The Bertz CT molecular complexity index is 1450. The normalized spacial score (nSPS) is 17.5. The fourth-order valence-corrected chi connectivity index (χ4v) is 6.14. The molecular formula is C29H37N7. The van der Waals surface area contributed by atoms with Gasteiger partial charge in [-0.3, -0.25) is 0 Å². The molecule has 7 nitrogen and oxygen atoms in total. The van der Waals surface area contributed by atoms with Crippen molar-refractivity contribution < 1.29 is 0 Å². The molecule has 3 N–H and O–H groups in total. The number of nitrogens with one attached hydrogen (secondary N) is 1. The zero-order valence-electron chi connectivity index (χ0n) is 21.9. The van der Waals surface area contributed by atoms with Crippen molar-refractivity contribution >= 4 is 16.6 Å². The molecule has 0 atom stereocenters. The molecule has 36 heavy (non-hydrogen) atoms. The average molecular weight is 484 g/mol. The number of benzene rings is 1. The molecule has 0 amide bonds. The molecule has 2 aliphatic heterocycles. The van der Waals surface area contributed by atoms with Crippen LogP contribution in [0.2, 0.25) is 0 Å². The summed E-state index contributed by atoms with van der Waals surface area (Å²) in [5.41, 5.74) is 15.8. The van der Waals surface area contributed by atoms with Gasteiger partial charge in [0.1, 0.15) is 6.33 Å².